The van der Waals surface area contributed by atoms with Gasteiger partial charge in [-0.05, 0) is 50.5 Å². The van der Waals surface area contributed by atoms with E-state index in [4.69, 9.17) is 5.11 Å². The van der Waals surface area contributed by atoms with E-state index >= 15 is 0 Å². The minimum absolute atomic E-state index is 0.287. The Kier molecular flexibility index (Phi) is 4.47. The molecule has 0 saturated carbocycles. The Hall–Kier alpha value is -1.20. The molecule has 0 atom stereocenters. The van der Waals surface area contributed by atoms with Crippen molar-refractivity contribution in [3.8, 4) is 0 Å². The summed E-state index contributed by atoms with van der Waals surface area (Å²) < 4.78 is 0. The minimum atomic E-state index is 0.287. The Balaban J connectivity index is 1.78. The lowest BCUT2D eigenvalue weighted by Gasteiger charge is -2.12. The van der Waals surface area contributed by atoms with E-state index < -0.39 is 0 Å². The van der Waals surface area contributed by atoms with Crippen molar-refractivity contribution in [2.75, 3.05) is 18.5 Å². The molecule has 2 N–H and O–H groups in total. The predicted octanol–water partition coefficient (Wildman–Crippen LogP) is 3.14. The van der Waals surface area contributed by atoms with E-state index in [0.717, 1.165) is 36.5 Å². The lowest BCUT2D eigenvalue weighted by Crippen LogP contribution is -2.06. The summed E-state index contributed by atoms with van der Waals surface area (Å²) in [6, 6.07) is 0. The number of hydrogen-bond donors (Lipinski definition) is 2. The van der Waals surface area contributed by atoms with E-state index in [2.05, 4.69) is 15.3 Å². The van der Waals surface area contributed by atoms with Crippen molar-refractivity contribution >= 4 is 27.4 Å². The van der Waals surface area contributed by atoms with Gasteiger partial charge in [0.2, 0.25) is 0 Å². The number of nitrogens with one attached hydrogen (secondary N) is 1. The van der Waals surface area contributed by atoms with Crippen LogP contribution in [-0.4, -0.2) is 28.2 Å². The third-order valence-electron chi connectivity index (χ3n) is 3.88. The molecular weight excluding hydrogens is 270 g/mol. The van der Waals surface area contributed by atoms with Gasteiger partial charge in [0.1, 0.15) is 17.0 Å². The predicted molar refractivity (Wildman–Crippen MR) is 83.5 cm³/mol. The maximum Gasteiger partial charge on any atom is 0.138 e. The fourth-order valence-corrected chi connectivity index (χ4v) is 4.07. The molecular formula is C15H21N3OS. The molecule has 2 aromatic rings. The van der Waals surface area contributed by atoms with Crippen molar-refractivity contribution in [1.29, 1.82) is 0 Å². The van der Waals surface area contributed by atoms with Crippen LogP contribution in [0.4, 0.5) is 5.82 Å². The van der Waals surface area contributed by atoms with Gasteiger partial charge in [-0.2, -0.15) is 0 Å². The number of hydrogen-bond acceptors (Lipinski definition) is 5. The van der Waals surface area contributed by atoms with E-state index in [0.29, 0.717) is 0 Å². The fourth-order valence-electron chi connectivity index (χ4n) is 2.84. The van der Waals surface area contributed by atoms with Gasteiger partial charge in [0.15, 0.2) is 0 Å². The number of aliphatic hydroxyl groups is 1. The zero-order chi connectivity index (χ0) is 13.8. The highest BCUT2D eigenvalue weighted by atomic mass is 32.1. The first-order valence-corrected chi connectivity index (χ1v) is 8.32. The summed E-state index contributed by atoms with van der Waals surface area (Å²) in [4.78, 5) is 11.5. The Labute approximate surface area is 123 Å². The highest BCUT2D eigenvalue weighted by Crippen LogP contribution is 2.37. The summed E-state index contributed by atoms with van der Waals surface area (Å²) in [5.74, 6) is 0.999. The van der Waals surface area contributed by atoms with Crippen LogP contribution in [0.1, 0.15) is 42.5 Å². The molecule has 2 heterocycles. The molecule has 20 heavy (non-hydrogen) atoms. The van der Waals surface area contributed by atoms with Crippen LogP contribution >= 0.6 is 11.3 Å². The highest BCUT2D eigenvalue weighted by molar-refractivity contribution is 7.19. The third-order valence-corrected chi connectivity index (χ3v) is 5.08. The molecule has 2 aromatic heterocycles. The molecule has 3 rings (SSSR count). The molecule has 1 aliphatic rings. The van der Waals surface area contributed by atoms with Crippen molar-refractivity contribution in [3.05, 3.63) is 16.8 Å². The van der Waals surface area contributed by atoms with Crippen LogP contribution in [0.15, 0.2) is 6.33 Å². The first-order valence-electron chi connectivity index (χ1n) is 7.50. The zero-order valence-corrected chi connectivity index (χ0v) is 12.5. The molecule has 1 aliphatic carbocycles. The van der Waals surface area contributed by atoms with Gasteiger partial charge < -0.3 is 10.4 Å². The molecule has 0 saturated heterocycles. The number of thiophene rings is 1. The van der Waals surface area contributed by atoms with Gasteiger partial charge in [-0.3, -0.25) is 0 Å². The minimum Gasteiger partial charge on any atom is -0.396 e. The molecule has 0 amide bonds. The summed E-state index contributed by atoms with van der Waals surface area (Å²) in [7, 11) is 0. The molecule has 108 valence electrons. The average molecular weight is 291 g/mol. The van der Waals surface area contributed by atoms with E-state index in [1.807, 2.05) is 11.3 Å². The van der Waals surface area contributed by atoms with E-state index in [9.17, 15) is 0 Å². The van der Waals surface area contributed by atoms with Gasteiger partial charge in [0.25, 0.3) is 0 Å². The lowest BCUT2D eigenvalue weighted by molar-refractivity contribution is 0.283. The van der Waals surface area contributed by atoms with Crippen LogP contribution in [0.3, 0.4) is 0 Å². The second kappa shape index (κ2) is 6.50. The van der Waals surface area contributed by atoms with Crippen LogP contribution in [0.5, 0.6) is 0 Å². The molecule has 0 radical (unpaired) electrons. The summed E-state index contributed by atoms with van der Waals surface area (Å²) in [6.07, 6.45) is 9.63. The van der Waals surface area contributed by atoms with Crippen molar-refractivity contribution in [1.82, 2.24) is 9.97 Å². The number of aryl methyl sites for hydroxylation is 2. The zero-order valence-electron chi connectivity index (χ0n) is 11.7. The van der Waals surface area contributed by atoms with Crippen molar-refractivity contribution in [3.63, 3.8) is 0 Å². The molecule has 0 spiro atoms. The Morgan fingerprint density at radius 2 is 2.05 bits per heavy atom. The van der Waals surface area contributed by atoms with Gasteiger partial charge in [-0.1, -0.05) is 0 Å². The standard InChI is InChI=1S/C15H21N3OS/c19-9-5-1-4-8-16-14-13-11-6-2-3-7-12(11)20-15(13)18-10-17-14/h10,19H,1-9H2,(H,16,17,18). The fraction of sp³-hybridized carbons (Fsp3) is 0.600. The van der Waals surface area contributed by atoms with E-state index in [1.54, 1.807) is 6.33 Å². The largest absolute Gasteiger partial charge is 0.396 e. The summed E-state index contributed by atoms with van der Waals surface area (Å²) in [5, 5.41) is 13.5. The smallest absolute Gasteiger partial charge is 0.138 e. The van der Waals surface area contributed by atoms with Crippen LogP contribution in [-0.2, 0) is 12.8 Å². The van der Waals surface area contributed by atoms with Crippen molar-refractivity contribution < 1.29 is 5.11 Å². The molecule has 0 aliphatic heterocycles. The van der Waals surface area contributed by atoms with Gasteiger partial charge in [0, 0.05) is 18.0 Å². The normalized spacial score (nSPS) is 14.4. The summed E-state index contributed by atoms with van der Waals surface area (Å²) in [6.45, 7) is 1.20. The SMILES string of the molecule is OCCCCCNc1ncnc2sc3c(c12)CCCC3. The van der Waals surface area contributed by atoms with E-state index in [-0.39, 0.29) is 6.61 Å². The molecule has 0 unspecified atom stereocenters. The number of fused-ring (bicyclic) bond motifs is 3. The molecule has 0 aromatic carbocycles. The molecule has 5 heteroatoms. The maximum absolute atomic E-state index is 8.79. The van der Waals surface area contributed by atoms with Gasteiger partial charge in [0.05, 0.1) is 5.39 Å². The lowest BCUT2D eigenvalue weighted by atomic mass is 9.97. The third kappa shape index (κ3) is 2.79. The maximum atomic E-state index is 8.79. The number of nitrogens with zero attached hydrogens (tertiary/aromatic N) is 2. The molecule has 4 nitrogen and oxygen atoms in total. The number of anilines is 1. The highest BCUT2D eigenvalue weighted by Gasteiger charge is 2.19. The molecule has 0 fully saturated rings. The van der Waals surface area contributed by atoms with Gasteiger partial charge in [-0.25, -0.2) is 9.97 Å². The average Bonchev–Trinajstić information content (AvgIpc) is 2.86. The second-order valence-electron chi connectivity index (χ2n) is 5.32. The van der Waals surface area contributed by atoms with Crippen molar-refractivity contribution in [2.45, 2.75) is 44.9 Å². The summed E-state index contributed by atoms with van der Waals surface area (Å²) in [5.41, 5.74) is 1.48. The number of aromatic nitrogens is 2. The topological polar surface area (TPSA) is 58.0 Å². The van der Waals surface area contributed by atoms with Crippen LogP contribution in [0.2, 0.25) is 0 Å². The Bertz CT molecular complexity index is 582. The second-order valence-corrected chi connectivity index (χ2v) is 6.41. The van der Waals surface area contributed by atoms with Gasteiger partial charge in [-0.15, -0.1) is 11.3 Å². The van der Waals surface area contributed by atoms with Crippen LogP contribution < -0.4 is 5.32 Å². The number of aliphatic hydroxyl groups excluding tert-OH is 1. The quantitative estimate of drug-likeness (QED) is 0.803. The first kappa shape index (κ1) is 13.8. The van der Waals surface area contributed by atoms with Gasteiger partial charge >= 0.3 is 0 Å². The monoisotopic (exact) mass is 291 g/mol. The van der Waals surface area contributed by atoms with Crippen LogP contribution in [0.25, 0.3) is 10.2 Å². The van der Waals surface area contributed by atoms with E-state index in [1.165, 1.54) is 41.5 Å². The molecule has 0 bridgehead atoms. The summed E-state index contributed by atoms with van der Waals surface area (Å²) >= 11 is 1.84. The first-order chi connectivity index (χ1) is 9.90. The Morgan fingerprint density at radius 1 is 1.15 bits per heavy atom. The Morgan fingerprint density at radius 3 is 2.95 bits per heavy atom. The van der Waals surface area contributed by atoms with Crippen LogP contribution in [0, 0.1) is 0 Å². The number of unbranched alkanes of at least 4 members (excludes halogenated alkanes) is 2. The van der Waals surface area contributed by atoms with Crippen molar-refractivity contribution in [2.24, 2.45) is 0 Å². The number of rotatable bonds is 6.